The fraction of sp³-hybridized carbons (Fsp3) is 0.357. The number of rotatable bonds is 4. The quantitative estimate of drug-likeness (QED) is 0.663. The molecular formula is C14H18N2S2. The number of nitrogen functional groups attached to an aromatic ring is 1. The molecule has 0 aliphatic carbocycles. The van der Waals surface area contributed by atoms with Gasteiger partial charge < -0.3 is 5.73 Å². The van der Waals surface area contributed by atoms with Gasteiger partial charge in [-0.05, 0) is 18.6 Å². The summed E-state index contributed by atoms with van der Waals surface area (Å²) in [6.07, 6.45) is 0. The van der Waals surface area contributed by atoms with Gasteiger partial charge in [0.05, 0.1) is 10.7 Å². The Hall–Kier alpha value is -1.00. The lowest BCUT2D eigenvalue weighted by Gasteiger charge is -2.06. The molecule has 2 nitrogen and oxygen atoms in total. The van der Waals surface area contributed by atoms with Crippen molar-refractivity contribution >= 4 is 28.8 Å². The van der Waals surface area contributed by atoms with Crippen LogP contribution < -0.4 is 5.73 Å². The van der Waals surface area contributed by atoms with Gasteiger partial charge in [0.25, 0.3) is 0 Å². The molecule has 0 amide bonds. The maximum absolute atomic E-state index is 6.06. The van der Waals surface area contributed by atoms with E-state index in [9.17, 15) is 0 Å². The fourth-order valence-corrected chi connectivity index (χ4v) is 3.47. The number of hydrogen-bond acceptors (Lipinski definition) is 4. The van der Waals surface area contributed by atoms with Crippen LogP contribution >= 0.6 is 23.1 Å². The van der Waals surface area contributed by atoms with Crippen molar-refractivity contribution in [3.05, 3.63) is 39.8 Å². The minimum absolute atomic E-state index is 0.512. The van der Waals surface area contributed by atoms with Crippen molar-refractivity contribution in [3.8, 4) is 0 Å². The lowest BCUT2D eigenvalue weighted by molar-refractivity contribution is 0.846. The topological polar surface area (TPSA) is 38.9 Å². The number of aromatic nitrogens is 1. The van der Waals surface area contributed by atoms with Crippen molar-refractivity contribution in [1.82, 2.24) is 4.98 Å². The van der Waals surface area contributed by atoms with Crippen LogP contribution in [0.4, 0.5) is 5.69 Å². The van der Waals surface area contributed by atoms with E-state index in [2.05, 4.69) is 36.3 Å². The van der Waals surface area contributed by atoms with E-state index < -0.39 is 0 Å². The Balaban J connectivity index is 2.04. The molecule has 0 aliphatic heterocycles. The van der Waals surface area contributed by atoms with Gasteiger partial charge in [0.1, 0.15) is 0 Å². The van der Waals surface area contributed by atoms with Gasteiger partial charge in [0.15, 0.2) is 0 Å². The smallest absolute Gasteiger partial charge is 0.0954 e. The van der Waals surface area contributed by atoms with Crippen LogP contribution in [0, 0.1) is 6.92 Å². The molecule has 0 spiro atoms. The Bertz CT molecular complexity index is 532. The molecule has 1 aromatic heterocycles. The van der Waals surface area contributed by atoms with Crippen LogP contribution in [0.2, 0.25) is 0 Å². The highest BCUT2D eigenvalue weighted by molar-refractivity contribution is 7.98. The van der Waals surface area contributed by atoms with Gasteiger partial charge in [-0.3, -0.25) is 0 Å². The predicted octanol–water partition coefficient (Wildman–Crippen LogP) is 4.45. The number of thiazole rings is 1. The average molecular weight is 278 g/mol. The van der Waals surface area contributed by atoms with Crippen LogP contribution in [0.25, 0.3) is 0 Å². The van der Waals surface area contributed by atoms with E-state index in [4.69, 9.17) is 5.73 Å². The van der Waals surface area contributed by atoms with E-state index in [1.165, 1.54) is 5.01 Å². The van der Waals surface area contributed by atoms with Crippen molar-refractivity contribution in [3.63, 3.8) is 0 Å². The normalized spacial score (nSPS) is 11.1. The van der Waals surface area contributed by atoms with Crippen LogP contribution in [0.1, 0.15) is 36.0 Å². The summed E-state index contributed by atoms with van der Waals surface area (Å²) in [5.74, 6) is 1.40. The van der Waals surface area contributed by atoms with E-state index in [0.717, 1.165) is 27.6 Å². The van der Waals surface area contributed by atoms with Crippen LogP contribution in [0.15, 0.2) is 28.5 Å². The van der Waals surface area contributed by atoms with Gasteiger partial charge in [-0.2, -0.15) is 0 Å². The number of thioether (sulfide) groups is 1. The standard InChI is InChI=1S/C14H18N2S2/c1-9(2)14-16-11(8-18-14)7-17-12-6-4-5-10(3)13(12)15/h4-6,8-9H,7,15H2,1-3H3. The van der Waals surface area contributed by atoms with E-state index in [1.54, 1.807) is 23.1 Å². The molecule has 96 valence electrons. The number of nitrogens with two attached hydrogens (primary N) is 1. The summed E-state index contributed by atoms with van der Waals surface area (Å²) >= 11 is 3.50. The Kier molecular flexibility index (Phi) is 4.30. The highest BCUT2D eigenvalue weighted by atomic mass is 32.2. The first-order chi connectivity index (χ1) is 8.58. The highest BCUT2D eigenvalue weighted by Crippen LogP contribution is 2.31. The van der Waals surface area contributed by atoms with E-state index >= 15 is 0 Å². The Labute approximate surface area is 117 Å². The molecular weight excluding hydrogens is 260 g/mol. The molecule has 0 radical (unpaired) electrons. The number of anilines is 1. The van der Waals surface area contributed by atoms with Crippen molar-refractivity contribution in [2.45, 2.75) is 37.3 Å². The summed E-state index contributed by atoms with van der Waals surface area (Å²) in [5.41, 5.74) is 9.24. The van der Waals surface area contributed by atoms with Gasteiger partial charge in [0, 0.05) is 27.6 Å². The molecule has 0 bridgehead atoms. The summed E-state index contributed by atoms with van der Waals surface area (Å²) in [7, 11) is 0. The summed E-state index contributed by atoms with van der Waals surface area (Å²) in [5, 5.41) is 3.36. The lowest BCUT2D eigenvalue weighted by atomic mass is 10.2. The summed E-state index contributed by atoms with van der Waals surface area (Å²) in [6, 6.07) is 6.16. The monoisotopic (exact) mass is 278 g/mol. The number of hydrogen-bond donors (Lipinski definition) is 1. The second-order valence-electron chi connectivity index (χ2n) is 4.61. The number of nitrogens with zero attached hydrogens (tertiary/aromatic N) is 1. The van der Waals surface area contributed by atoms with Gasteiger partial charge in [-0.1, -0.05) is 26.0 Å². The van der Waals surface area contributed by atoms with Crippen molar-refractivity contribution in [2.75, 3.05) is 5.73 Å². The lowest BCUT2D eigenvalue weighted by Crippen LogP contribution is -1.93. The second-order valence-corrected chi connectivity index (χ2v) is 6.51. The average Bonchev–Trinajstić information content (AvgIpc) is 2.80. The van der Waals surface area contributed by atoms with Crippen molar-refractivity contribution in [1.29, 1.82) is 0 Å². The van der Waals surface area contributed by atoms with Gasteiger partial charge >= 0.3 is 0 Å². The number of benzene rings is 1. The zero-order valence-electron chi connectivity index (χ0n) is 10.9. The van der Waals surface area contributed by atoms with Crippen molar-refractivity contribution < 1.29 is 0 Å². The fourth-order valence-electron chi connectivity index (χ4n) is 1.59. The molecule has 1 aromatic carbocycles. The minimum atomic E-state index is 0.512. The van der Waals surface area contributed by atoms with Gasteiger partial charge in [-0.25, -0.2) is 4.98 Å². The Morgan fingerprint density at radius 3 is 2.83 bits per heavy atom. The second kappa shape index (κ2) is 5.76. The zero-order chi connectivity index (χ0) is 13.1. The predicted molar refractivity (Wildman–Crippen MR) is 81.4 cm³/mol. The van der Waals surface area contributed by atoms with Crippen molar-refractivity contribution in [2.24, 2.45) is 0 Å². The van der Waals surface area contributed by atoms with Crippen LogP contribution in [-0.2, 0) is 5.75 Å². The largest absolute Gasteiger partial charge is 0.398 e. The van der Waals surface area contributed by atoms with Crippen LogP contribution in [-0.4, -0.2) is 4.98 Å². The third-order valence-electron chi connectivity index (χ3n) is 2.72. The first-order valence-electron chi connectivity index (χ1n) is 6.00. The SMILES string of the molecule is Cc1cccc(SCc2csc(C(C)C)n2)c1N. The summed E-state index contributed by atoms with van der Waals surface area (Å²) in [4.78, 5) is 5.78. The number of para-hydroxylation sites is 1. The summed E-state index contributed by atoms with van der Waals surface area (Å²) in [6.45, 7) is 6.39. The maximum Gasteiger partial charge on any atom is 0.0954 e. The molecule has 0 atom stereocenters. The minimum Gasteiger partial charge on any atom is -0.398 e. The molecule has 0 aliphatic rings. The highest BCUT2D eigenvalue weighted by Gasteiger charge is 2.07. The molecule has 2 rings (SSSR count). The van der Waals surface area contributed by atoms with E-state index in [0.29, 0.717) is 5.92 Å². The third kappa shape index (κ3) is 3.06. The molecule has 18 heavy (non-hydrogen) atoms. The molecule has 0 fully saturated rings. The zero-order valence-corrected chi connectivity index (χ0v) is 12.6. The van der Waals surface area contributed by atoms with E-state index in [1.807, 2.05) is 13.0 Å². The first-order valence-corrected chi connectivity index (χ1v) is 7.86. The Morgan fingerprint density at radius 1 is 1.39 bits per heavy atom. The molecule has 0 unspecified atom stereocenters. The molecule has 0 saturated heterocycles. The summed E-state index contributed by atoms with van der Waals surface area (Å²) < 4.78 is 0. The van der Waals surface area contributed by atoms with E-state index in [-0.39, 0.29) is 0 Å². The first kappa shape index (κ1) is 13.4. The van der Waals surface area contributed by atoms with Gasteiger partial charge in [0.2, 0.25) is 0 Å². The molecule has 2 aromatic rings. The van der Waals surface area contributed by atoms with Crippen LogP contribution in [0.5, 0.6) is 0 Å². The molecule has 1 heterocycles. The number of aryl methyl sites for hydroxylation is 1. The molecule has 0 saturated carbocycles. The molecule has 2 N–H and O–H groups in total. The van der Waals surface area contributed by atoms with Crippen LogP contribution in [0.3, 0.4) is 0 Å². The maximum atomic E-state index is 6.06. The third-order valence-corrected chi connectivity index (χ3v) is 5.02. The van der Waals surface area contributed by atoms with Gasteiger partial charge in [-0.15, -0.1) is 23.1 Å². The Morgan fingerprint density at radius 2 is 2.17 bits per heavy atom. The molecule has 4 heteroatoms.